The fraction of sp³-hybridized carbons (Fsp3) is 0.386. The van der Waals surface area contributed by atoms with Gasteiger partial charge in [0.05, 0.1) is 36.8 Å². The van der Waals surface area contributed by atoms with Gasteiger partial charge in [-0.15, -0.1) is 0 Å². The van der Waals surface area contributed by atoms with Gasteiger partial charge in [0.25, 0.3) is 0 Å². The fourth-order valence-electron chi connectivity index (χ4n) is 8.35. The second-order valence-corrected chi connectivity index (χ2v) is 15.0. The smallest absolute Gasteiger partial charge is 0.435 e. The number of nitrogens with zero attached hydrogens (tertiary/aromatic N) is 5. The third-order valence-corrected chi connectivity index (χ3v) is 11.4. The topological polar surface area (TPSA) is 140 Å². The molecule has 2 aliphatic rings. The lowest BCUT2D eigenvalue weighted by atomic mass is 10.0. The van der Waals surface area contributed by atoms with E-state index in [9.17, 15) is 27.6 Å². The van der Waals surface area contributed by atoms with Crippen LogP contribution < -0.4 is 5.32 Å². The van der Waals surface area contributed by atoms with Crippen molar-refractivity contribution in [2.45, 2.75) is 76.8 Å². The largest absolute Gasteiger partial charge is 0.453 e. The highest BCUT2D eigenvalue weighted by atomic mass is 19.4. The number of imidazole rings is 2. The molecule has 0 aliphatic carbocycles. The number of rotatable bonds is 12. The highest BCUT2D eigenvalue weighted by molar-refractivity contribution is 5.86. The van der Waals surface area contributed by atoms with Gasteiger partial charge < -0.3 is 29.8 Å². The minimum Gasteiger partial charge on any atom is -0.453 e. The van der Waals surface area contributed by atoms with Gasteiger partial charge in [0.15, 0.2) is 5.69 Å². The molecular formula is C44H49F3N8O4. The number of halogens is 3. The molecule has 0 saturated carbocycles. The van der Waals surface area contributed by atoms with E-state index in [2.05, 4.69) is 43.8 Å². The number of hydrogen-bond donors (Lipinski definition) is 3. The first-order valence-electron chi connectivity index (χ1n) is 20.1. The molecule has 12 nitrogen and oxygen atoms in total. The van der Waals surface area contributed by atoms with Crippen LogP contribution in [0.4, 0.5) is 18.0 Å². The van der Waals surface area contributed by atoms with Crippen molar-refractivity contribution in [3.63, 3.8) is 0 Å². The summed E-state index contributed by atoms with van der Waals surface area (Å²) in [6, 6.07) is 22.3. The van der Waals surface area contributed by atoms with E-state index in [0.717, 1.165) is 59.7 Å². The van der Waals surface area contributed by atoms with Crippen molar-refractivity contribution < 1.29 is 32.3 Å². The van der Waals surface area contributed by atoms with Crippen molar-refractivity contribution in [2.24, 2.45) is 0 Å². The van der Waals surface area contributed by atoms with Gasteiger partial charge in [0.1, 0.15) is 23.7 Å². The van der Waals surface area contributed by atoms with Crippen molar-refractivity contribution >= 4 is 17.9 Å². The molecule has 2 saturated heterocycles. The number of nitrogens with one attached hydrogen (secondary N) is 3. The van der Waals surface area contributed by atoms with Gasteiger partial charge in [-0.25, -0.2) is 14.8 Å². The van der Waals surface area contributed by atoms with Crippen molar-refractivity contribution in [3.05, 3.63) is 108 Å². The zero-order valence-corrected chi connectivity index (χ0v) is 33.6. The van der Waals surface area contributed by atoms with E-state index in [0.29, 0.717) is 31.5 Å². The Morgan fingerprint density at radius 2 is 1.37 bits per heavy atom. The maximum absolute atomic E-state index is 14.4. The van der Waals surface area contributed by atoms with E-state index in [1.54, 1.807) is 30.5 Å². The van der Waals surface area contributed by atoms with E-state index in [4.69, 9.17) is 4.98 Å². The number of carbonyl (C=O) groups excluding carboxylic acids is 3. The number of alkyl carbamates (subject to hydrolysis) is 1. The number of aromatic nitrogens is 4. The number of likely N-dealkylation sites (tertiary alicyclic amines) is 2. The summed E-state index contributed by atoms with van der Waals surface area (Å²) in [7, 11) is 1.18. The van der Waals surface area contributed by atoms with Crippen LogP contribution in [0.3, 0.4) is 0 Å². The van der Waals surface area contributed by atoms with Crippen molar-refractivity contribution in [2.75, 3.05) is 33.3 Å². The Kier molecular flexibility index (Phi) is 12.2. The van der Waals surface area contributed by atoms with Crippen LogP contribution in [-0.2, 0) is 20.5 Å². The molecule has 7 rings (SSSR count). The summed E-state index contributed by atoms with van der Waals surface area (Å²) in [6.45, 7) is 8.12. The summed E-state index contributed by atoms with van der Waals surface area (Å²) in [5.41, 5.74) is 3.42. The summed E-state index contributed by atoms with van der Waals surface area (Å²) in [5, 5.41) is 2.42. The highest BCUT2D eigenvalue weighted by Crippen LogP contribution is 2.40. The summed E-state index contributed by atoms with van der Waals surface area (Å²) >= 11 is 0. The lowest BCUT2D eigenvalue weighted by Gasteiger charge is -2.34. The van der Waals surface area contributed by atoms with Crippen LogP contribution in [-0.4, -0.2) is 91.9 Å². The van der Waals surface area contributed by atoms with Crippen LogP contribution in [0.5, 0.6) is 0 Å². The average molecular weight is 811 g/mol. The molecule has 2 aromatic heterocycles. The molecule has 4 heterocycles. The van der Waals surface area contributed by atoms with Gasteiger partial charge >= 0.3 is 12.3 Å². The summed E-state index contributed by atoms with van der Waals surface area (Å²) in [5.74, 6) is 0.415. The molecule has 59 heavy (non-hydrogen) atoms. The van der Waals surface area contributed by atoms with E-state index in [1.165, 1.54) is 18.9 Å². The second kappa shape index (κ2) is 17.5. The number of hydrogen-bond acceptors (Lipinski definition) is 7. The van der Waals surface area contributed by atoms with Crippen LogP contribution in [0.25, 0.3) is 33.6 Å². The number of amides is 3. The Labute approximate surface area is 341 Å². The maximum Gasteiger partial charge on any atom is 0.435 e. The minimum atomic E-state index is -4.75. The van der Waals surface area contributed by atoms with Gasteiger partial charge in [-0.05, 0) is 68.0 Å². The molecule has 5 aromatic rings. The summed E-state index contributed by atoms with van der Waals surface area (Å²) in [6.07, 6.45) is -1.06. The van der Waals surface area contributed by atoms with Crippen LogP contribution >= 0.6 is 0 Å². The molecule has 310 valence electrons. The molecule has 0 radical (unpaired) electrons. The number of carbonyl (C=O) groups is 3. The quantitative estimate of drug-likeness (QED) is 0.115. The molecule has 15 heteroatoms. The number of methoxy groups -OCH3 is 1. The van der Waals surface area contributed by atoms with Crippen molar-refractivity contribution in [3.8, 4) is 33.6 Å². The zero-order valence-electron chi connectivity index (χ0n) is 33.6. The Morgan fingerprint density at radius 3 is 1.95 bits per heavy atom. The molecular weight excluding hydrogens is 762 g/mol. The summed E-state index contributed by atoms with van der Waals surface area (Å²) < 4.78 is 47.7. The second-order valence-electron chi connectivity index (χ2n) is 15.0. The number of ether oxygens (including phenoxy) is 1. The Bertz CT molecular complexity index is 2240. The minimum absolute atomic E-state index is 0.0355. The van der Waals surface area contributed by atoms with E-state index in [1.807, 2.05) is 59.5 Å². The molecule has 2 aliphatic heterocycles. The third kappa shape index (κ3) is 8.61. The standard InChI is InChI=1S/C44H49F3N8O4/c1-5-53(6-2)37(32-12-8-7-9-13-32)42(57)55-25-10-14-34(55)39-48-26-33(50-39)30-20-16-28(17-21-30)29-18-22-31(23-19-29)36-38(44(45,46)47)52-40(51-36)35-15-11-24-54(35)41(56)27(3)49-43(58)59-4/h7-9,12-13,16-23,26-27,34-35,37H,5-6,10-11,14-15,24-25H2,1-4H3,(H,48,50)(H,49,58)(H,51,52)/t27-,34-,35-,37?/m0/s1. The maximum atomic E-state index is 14.4. The molecule has 3 aromatic carbocycles. The number of aromatic amines is 2. The number of alkyl halides is 3. The summed E-state index contributed by atoms with van der Waals surface area (Å²) in [4.78, 5) is 59.7. The number of H-pyrrole nitrogens is 2. The predicted molar refractivity (Wildman–Crippen MR) is 217 cm³/mol. The van der Waals surface area contributed by atoms with Gasteiger partial charge in [-0.1, -0.05) is 92.7 Å². The molecule has 3 amide bonds. The first-order chi connectivity index (χ1) is 28.4. The van der Waals surface area contributed by atoms with Gasteiger partial charge in [-0.3, -0.25) is 14.5 Å². The van der Waals surface area contributed by atoms with Crippen molar-refractivity contribution in [1.82, 2.24) is 40.0 Å². The molecule has 0 spiro atoms. The van der Waals surface area contributed by atoms with Crippen LogP contribution in [0.2, 0.25) is 0 Å². The molecule has 4 atom stereocenters. The van der Waals surface area contributed by atoms with Gasteiger partial charge in [0, 0.05) is 18.7 Å². The normalized spacial score (nSPS) is 18.0. The van der Waals surface area contributed by atoms with Crippen LogP contribution in [0.15, 0.2) is 85.1 Å². The fourth-order valence-corrected chi connectivity index (χ4v) is 8.35. The SMILES string of the molecule is CCN(CC)C(C(=O)N1CCC[C@H]1c1ncc(-c2ccc(-c3ccc(-c4[nH]c([C@@H]5CCCN5C(=O)[C@H](C)NC(=O)OC)nc4C(F)(F)F)cc3)cc2)[nH]1)c1ccccc1. The molecule has 1 unspecified atom stereocenters. The van der Waals surface area contributed by atoms with E-state index >= 15 is 0 Å². The number of likely N-dealkylation sites (N-methyl/N-ethyl adjacent to an activating group) is 1. The number of benzene rings is 3. The first-order valence-corrected chi connectivity index (χ1v) is 20.1. The molecule has 3 N–H and O–H groups in total. The third-order valence-electron chi connectivity index (χ3n) is 11.4. The molecule has 2 fully saturated rings. The Morgan fingerprint density at radius 1 is 0.814 bits per heavy atom. The van der Waals surface area contributed by atoms with Gasteiger partial charge in [0.2, 0.25) is 11.8 Å². The monoisotopic (exact) mass is 810 g/mol. The Hall–Kier alpha value is -5.96. The Balaban J connectivity index is 1.06. The lowest BCUT2D eigenvalue weighted by Crippen LogP contribution is -2.46. The van der Waals surface area contributed by atoms with E-state index in [-0.39, 0.29) is 29.5 Å². The van der Waals surface area contributed by atoms with Crippen molar-refractivity contribution in [1.29, 1.82) is 0 Å². The molecule has 0 bridgehead atoms. The van der Waals surface area contributed by atoms with Crippen LogP contribution in [0, 0.1) is 0 Å². The predicted octanol–water partition coefficient (Wildman–Crippen LogP) is 8.31. The zero-order chi connectivity index (χ0) is 41.8. The van der Waals surface area contributed by atoms with Crippen LogP contribution in [0.1, 0.15) is 87.5 Å². The highest BCUT2D eigenvalue weighted by Gasteiger charge is 2.42. The average Bonchev–Trinajstić information content (AvgIpc) is 4.09. The van der Waals surface area contributed by atoms with E-state index < -0.39 is 36.0 Å². The lowest BCUT2D eigenvalue weighted by molar-refractivity contribution is -0.140. The first kappa shape index (κ1) is 41.2. The van der Waals surface area contributed by atoms with Gasteiger partial charge in [-0.2, -0.15) is 13.2 Å².